The van der Waals surface area contributed by atoms with E-state index in [4.69, 9.17) is 4.74 Å². The molecule has 158 valence electrons. The Morgan fingerprint density at radius 3 is 2.80 bits per heavy atom. The van der Waals surface area contributed by atoms with Gasteiger partial charge in [-0.3, -0.25) is 9.59 Å². The van der Waals surface area contributed by atoms with Crippen LogP contribution in [0.3, 0.4) is 0 Å². The zero-order valence-electron chi connectivity index (χ0n) is 16.5. The van der Waals surface area contributed by atoms with Gasteiger partial charge in [-0.25, -0.2) is 8.78 Å². The molecule has 3 aromatic rings. The van der Waals surface area contributed by atoms with E-state index in [9.17, 15) is 18.4 Å². The van der Waals surface area contributed by atoms with Crippen LogP contribution in [0.5, 0.6) is 0 Å². The lowest BCUT2D eigenvalue weighted by atomic mass is 9.94. The number of halogens is 2. The summed E-state index contributed by atoms with van der Waals surface area (Å²) < 4.78 is 33.3. The molecule has 4 rings (SSSR count). The first-order valence-electron chi connectivity index (χ1n) is 9.51. The molecule has 1 unspecified atom stereocenters. The van der Waals surface area contributed by atoms with E-state index in [-0.39, 0.29) is 30.4 Å². The number of pyridine rings is 1. The molecule has 1 aromatic carbocycles. The lowest BCUT2D eigenvalue weighted by molar-refractivity contribution is -0.137. The van der Waals surface area contributed by atoms with Crippen LogP contribution < -0.4 is 10.9 Å². The molecular weight excluding hydrogens is 412 g/mol. The van der Waals surface area contributed by atoms with Crippen LogP contribution in [-0.2, 0) is 16.1 Å². The number of fused-ring (bicyclic) bond motifs is 3. The van der Waals surface area contributed by atoms with Gasteiger partial charge in [-0.2, -0.15) is 11.3 Å². The number of carbonyl (C=O) groups excluding carboxylic acids is 1. The number of H-pyrrole nitrogens is 1. The van der Waals surface area contributed by atoms with Crippen molar-refractivity contribution in [1.29, 1.82) is 0 Å². The summed E-state index contributed by atoms with van der Waals surface area (Å²) in [7, 11) is 1.66. The summed E-state index contributed by atoms with van der Waals surface area (Å²) in [5.74, 6) is -2.58. The summed E-state index contributed by atoms with van der Waals surface area (Å²) in [6.07, 6.45) is 0. The summed E-state index contributed by atoms with van der Waals surface area (Å²) in [5.41, 5.74) is 1.49. The highest BCUT2D eigenvalue weighted by atomic mass is 32.1. The van der Waals surface area contributed by atoms with Gasteiger partial charge in [0.15, 0.2) is 11.6 Å². The van der Waals surface area contributed by atoms with Gasteiger partial charge in [-0.05, 0) is 29.0 Å². The molecule has 0 saturated heterocycles. The number of hydrogen-bond acceptors (Lipinski definition) is 5. The van der Waals surface area contributed by atoms with E-state index in [1.165, 1.54) is 0 Å². The molecule has 0 fully saturated rings. The first-order valence-corrected chi connectivity index (χ1v) is 10.5. The van der Waals surface area contributed by atoms with Crippen LogP contribution in [0.15, 0.2) is 33.8 Å². The molecule has 1 aliphatic heterocycles. The molecule has 9 heteroatoms. The van der Waals surface area contributed by atoms with Gasteiger partial charge in [0.25, 0.3) is 5.56 Å². The number of likely N-dealkylation sites (N-methyl/N-ethyl adjacent to an activating group) is 1. The minimum Gasteiger partial charge on any atom is -0.384 e. The maximum absolute atomic E-state index is 14.0. The molecule has 0 spiro atoms. The van der Waals surface area contributed by atoms with E-state index in [0.29, 0.717) is 23.2 Å². The number of rotatable bonds is 5. The fourth-order valence-corrected chi connectivity index (χ4v) is 4.38. The van der Waals surface area contributed by atoms with E-state index in [1.54, 1.807) is 23.3 Å². The standard InChI is InChI=1S/C21H21F2N3O3S/c1-11(7-24-12-3-4-30-10-12)21(28)26(2)18-9-29-8-17-19(18)13-5-15(22)16(23)6-14(13)20(27)25-17/h3-6,10-11,18,24H,7-9H2,1-2H3,(H,25,27)/t11-,18?/m0/s1. The van der Waals surface area contributed by atoms with Gasteiger partial charge in [0, 0.05) is 35.9 Å². The van der Waals surface area contributed by atoms with Crippen molar-refractivity contribution in [3.8, 4) is 0 Å². The smallest absolute Gasteiger partial charge is 0.256 e. The van der Waals surface area contributed by atoms with Crippen LogP contribution >= 0.6 is 11.3 Å². The number of thiophene rings is 1. The van der Waals surface area contributed by atoms with Gasteiger partial charge in [0.05, 0.1) is 30.6 Å². The quantitative estimate of drug-likeness (QED) is 0.644. The van der Waals surface area contributed by atoms with Gasteiger partial charge in [-0.15, -0.1) is 0 Å². The second-order valence-corrected chi connectivity index (χ2v) is 8.21. The predicted octanol–water partition coefficient (Wildman–Crippen LogP) is 3.65. The van der Waals surface area contributed by atoms with Gasteiger partial charge < -0.3 is 19.9 Å². The van der Waals surface area contributed by atoms with Crippen LogP contribution in [0, 0.1) is 17.6 Å². The third-order valence-electron chi connectivity index (χ3n) is 5.41. The Labute approximate surface area is 175 Å². The first kappa shape index (κ1) is 20.5. The van der Waals surface area contributed by atoms with Gasteiger partial charge >= 0.3 is 0 Å². The van der Waals surface area contributed by atoms with Crippen LogP contribution in [-0.4, -0.2) is 36.0 Å². The Hall–Kier alpha value is -2.78. The average molecular weight is 433 g/mol. The second-order valence-electron chi connectivity index (χ2n) is 7.43. The average Bonchev–Trinajstić information content (AvgIpc) is 3.25. The van der Waals surface area contributed by atoms with E-state index >= 15 is 0 Å². The number of hydrogen-bond donors (Lipinski definition) is 2. The summed E-state index contributed by atoms with van der Waals surface area (Å²) in [4.78, 5) is 29.7. The molecule has 2 N–H and O–H groups in total. The fourth-order valence-electron chi connectivity index (χ4n) is 3.77. The van der Waals surface area contributed by atoms with Crippen molar-refractivity contribution in [2.45, 2.75) is 19.6 Å². The molecule has 0 radical (unpaired) electrons. The highest BCUT2D eigenvalue weighted by Gasteiger charge is 2.32. The third kappa shape index (κ3) is 3.70. The molecular formula is C21H21F2N3O3S. The Morgan fingerprint density at radius 1 is 1.37 bits per heavy atom. The van der Waals surface area contributed by atoms with Crippen molar-refractivity contribution in [2.24, 2.45) is 5.92 Å². The van der Waals surface area contributed by atoms with E-state index in [2.05, 4.69) is 10.3 Å². The number of aromatic amines is 1. The highest BCUT2D eigenvalue weighted by Crippen LogP contribution is 2.34. The lowest BCUT2D eigenvalue weighted by Crippen LogP contribution is -2.41. The van der Waals surface area contributed by atoms with Crippen LogP contribution in [0.1, 0.15) is 24.2 Å². The Bertz CT molecular complexity index is 1150. The number of nitrogens with zero attached hydrogens (tertiary/aromatic N) is 1. The Morgan fingerprint density at radius 2 is 2.10 bits per heavy atom. The molecule has 0 aliphatic carbocycles. The number of benzene rings is 1. The number of amides is 1. The molecule has 2 aromatic heterocycles. The van der Waals surface area contributed by atoms with Crippen molar-refractivity contribution in [3.63, 3.8) is 0 Å². The Balaban J connectivity index is 1.66. The number of carbonyl (C=O) groups is 1. The van der Waals surface area contributed by atoms with E-state index in [0.717, 1.165) is 17.8 Å². The minimum absolute atomic E-state index is 0.0487. The molecule has 2 atom stereocenters. The van der Waals surface area contributed by atoms with Gasteiger partial charge in [-0.1, -0.05) is 6.92 Å². The predicted molar refractivity (Wildman–Crippen MR) is 112 cm³/mol. The van der Waals surface area contributed by atoms with Crippen LogP contribution in [0.4, 0.5) is 14.5 Å². The zero-order chi connectivity index (χ0) is 21.4. The number of ether oxygens (including phenoxy) is 1. The van der Waals surface area contributed by atoms with Crippen molar-refractivity contribution in [2.75, 3.05) is 25.5 Å². The number of aromatic nitrogens is 1. The van der Waals surface area contributed by atoms with Crippen molar-refractivity contribution in [1.82, 2.24) is 9.88 Å². The van der Waals surface area contributed by atoms with Crippen LogP contribution in [0.2, 0.25) is 0 Å². The second kappa shape index (κ2) is 8.16. The summed E-state index contributed by atoms with van der Waals surface area (Å²) in [5, 5.41) is 7.48. The van der Waals surface area contributed by atoms with Crippen LogP contribution in [0.25, 0.3) is 10.8 Å². The highest BCUT2D eigenvalue weighted by molar-refractivity contribution is 7.08. The molecule has 1 amide bonds. The topological polar surface area (TPSA) is 74.4 Å². The molecule has 3 heterocycles. The first-order chi connectivity index (χ1) is 14.4. The molecule has 1 aliphatic rings. The van der Waals surface area contributed by atoms with Crippen molar-refractivity contribution < 1.29 is 18.3 Å². The molecule has 30 heavy (non-hydrogen) atoms. The largest absolute Gasteiger partial charge is 0.384 e. The summed E-state index contributed by atoms with van der Waals surface area (Å²) in [6, 6.07) is 3.32. The number of anilines is 1. The molecule has 6 nitrogen and oxygen atoms in total. The maximum Gasteiger partial charge on any atom is 0.256 e. The van der Waals surface area contributed by atoms with Crippen molar-refractivity contribution >= 4 is 33.7 Å². The fraction of sp³-hybridized carbons (Fsp3) is 0.333. The zero-order valence-corrected chi connectivity index (χ0v) is 17.3. The number of nitrogens with one attached hydrogen (secondary N) is 2. The molecule has 0 saturated carbocycles. The third-order valence-corrected chi connectivity index (χ3v) is 6.09. The minimum atomic E-state index is -1.09. The monoisotopic (exact) mass is 433 g/mol. The lowest BCUT2D eigenvalue weighted by Gasteiger charge is -2.35. The Kier molecular flexibility index (Phi) is 5.57. The normalized spacial score (nSPS) is 16.9. The SMILES string of the molecule is C[C@@H](CNc1ccsc1)C(=O)N(C)C1COCc2[nH]c(=O)c3cc(F)c(F)cc3c21. The van der Waals surface area contributed by atoms with Gasteiger partial charge in [0.1, 0.15) is 0 Å². The van der Waals surface area contributed by atoms with Gasteiger partial charge in [0.2, 0.25) is 5.91 Å². The van der Waals surface area contributed by atoms with E-state index in [1.807, 2.05) is 23.8 Å². The summed E-state index contributed by atoms with van der Waals surface area (Å²) >= 11 is 1.56. The van der Waals surface area contributed by atoms with Crippen molar-refractivity contribution in [3.05, 3.63) is 62.2 Å². The maximum atomic E-state index is 14.0. The molecule has 0 bridgehead atoms. The van der Waals surface area contributed by atoms with E-state index < -0.39 is 23.2 Å². The summed E-state index contributed by atoms with van der Waals surface area (Å²) in [6.45, 7) is 2.60.